The number of aryl methyl sites for hydroxylation is 1. The summed E-state index contributed by atoms with van der Waals surface area (Å²) < 4.78 is 0. The number of aromatic amines is 2. The number of piperidine rings is 1. The minimum Gasteiger partial charge on any atom is -0.351 e. The SMILES string of the molecule is Cc1csc2c1[C@@]13C[C@@H]1CN(C(=O)C=Cc1c[nH]c4ncc(NC(=O)c5cc6ccccc6[nH]5)cc14)C3=CC2=O. The van der Waals surface area contributed by atoms with Gasteiger partial charge in [0.25, 0.3) is 11.8 Å². The molecule has 1 spiro atoms. The molecule has 2 aliphatic carbocycles. The first kappa shape index (κ1) is 23.2. The first-order chi connectivity index (χ1) is 19.4. The van der Waals surface area contributed by atoms with E-state index in [0.717, 1.165) is 50.0 Å². The summed E-state index contributed by atoms with van der Waals surface area (Å²) >= 11 is 1.51. The largest absolute Gasteiger partial charge is 0.351 e. The summed E-state index contributed by atoms with van der Waals surface area (Å²) in [5.74, 6) is -0.0571. The molecule has 8 rings (SSSR count). The van der Waals surface area contributed by atoms with Gasteiger partial charge in [0.2, 0.25) is 0 Å². The van der Waals surface area contributed by atoms with Crippen molar-refractivity contribution in [3.8, 4) is 0 Å². The highest BCUT2D eigenvalue weighted by Gasteiger charge is 2.67. The van der Waals surface area contributed by atoms with Crippen molar-refractivity contribution in [3.63, 3.8) is 0 Å². The number of hydrogen-bond donors (Lipinski definition) is 3. The number of pyridine rings is 1. The first-order valence-corrected chi connectivity index (χ1v) is 14.0. The summed E-state index contributed by atoms with van der Waals surface area (Å²) in [7, 11) is 0. The second-order valence-corrected chi connectivity index (χ2v) is 11.6. The Bertz CT molecular complexity index is 1960. The summed E-state index contributed by atoms with van der Waals surface area (Å²) in [4.78, 5) is 52.4. The molecule has 1 aromatic carbocycles. The Balaban J connectivity index is 1.04. The highest BCUT2D eigenvalue weighted by molar-refractivity contribution is 7.12. The van der Waals surface area contributed by atoms with Gasteiger partial charge in [0, 0.05) is 57.9 Å². The number of H-pyrrole nitrogens is 2. The Labute approximate surface area is 232 Å². The molecule has 0 radical (unpaired) electrons. The van der Waals surface area contributed by atoms with Crippen molar-refractivity contribution in [3.05, 3.63) is 99.3 Å². The highest BCUT2D eigenvalue weighted by Crippen LogP contribution is 2.67. The molecular formula is C31H23N5O3S. The molecule has 5 aromatic rings. The van der Waals surface area contributed by atoms with Gasteiger partial charge in [0.15, 0.2) is 5.78 Å². The standard InChI is InChI=1S/C31H23N5O3S/c1-16-15-40-28-24(37)10-25-31(27(16)28)11-19(31)14-36(25)26(38)7-6-18-12-32-29-21(18)9-20(13-33-29)34-30(39)23-8-17-4-2-3-5-22(17)35-23/h2-10,12-13,15,19,35H,11,14H2,1H3,(H,32,33)(H,34,39)/t19-,31+/m1/s1. The Kier molecular flexibility index (Phi) is 4.70. The molecule has 1 aliphatic heterocycles. The fourth-order valence-electron chi connectivity index (χ4n) is 6.52. The molecular weight excluding hydrogens is 522 g/mol. The van der Waals surface area contributed by atoms with Crippen LogP contribution in [0.4, 0.5) is 5.69 Å². The van der Waals surface area contributed by atoms with Crippen molar-refractivity contribution in [1.29, 1.82) is 0 Å². The van der Waals surface area contributed by atoms with E-state index in [1.807, 2.05) is 36.4 Å². The number of para-hydroxylation sites is 1. The van der Waals surface area contributed by atoms with E-state index in [0.29, 0.717) is 29.5 Å². The lowest BCUT2D eigenvalue weighted by molar-refractivity contribution is -0.123. The molecule has 2 atom stereocenters. The third kappa shape index (κ3) is 3.24. The van der Waals surface area contributed by atoms with Gasteiger partial charge in [0.1, 0.15) is 11.3 Å². The Morgan fingerprint density at radius 3 is 3.00 bits per heavy atom. The lowest BCUT2D eigenvalue weighted by Crippen LogP contribution is -2.32. The van der Waals surface area contributed by atoms with Crippen LogP contribution >= 0.6 is 11.3 Å². The smallest absolute Gasteiger partial charge is 0.272 e. The van der Waals surface area contributed by atoms with Gasteiger partial charge < -0.3 is 20.2 Å². The van der Waals surface area contributed by atoms with Crippen LogP contribution in [-0.4, -0.2) is 44.0 Å². The first-order valence-electron chi connectivity index (χ1n) is 13.1. The van der Waals surface area contributed by atoms with Crippen LogP contribution in [0.25, 0.3) is 28.0 Å². The zero-order valence-corrected chi connectivity index (χ0v) is 22.3. The summed E-state index contributed by atoms with van der Waals surface area (Å²) in [6.07, 6.45) is 9.37. The van der Waals surface area contributed by atoms with Gasteiger partial charge >= 0.3 is 0 Å². The molecule has 40 heavy (non-hydrogen) atoms. The molecule has 0 unspecified atom stereocenters. The number of allylic oxidation sites excluding steroid dienone is 2. The van der Waals surface area contributed by atoms with Crippen LogP contribution in [0.1, 0.15) is 43.3 Å². The predicted octanol–water partition coefficient (Wildman–Crippen LogP) is 5.56. The molecule has 5 heterocycles. The molecule has 3 N–H and O–H groups in total. The molecule has 1 saturated heterocycles. The monoisotopic (exact) mass is 545 g/mol. The number of nitrogens with zero attached hydrogens (tertiary/aromatic N) is 2. The van der Waals surface area contributed by atoms with E-state index >= 15 is 0 Å². The van der Waals surface area contributed by atoms with Crippen LogP contribution in [0.2, 0.25) is 0 Å². The number of anilines is 1. The summed E-state index contributed by atoms with van der Waals surface area (Å²) in [5, 5.41) is 6.70. The van der Waals surface area contributed by atoms with E-state index < -0.39 is 0 Å². The average molecular weight is 546 g/mol. The molecule has 8 nitrogen and oxygen atoms in total. The molecule has 1 saturated carbocycles. The van der Waals surface area contributed by atoms with Crippen LogP contribution in [0.3, 0.4) is 0 Å². The molecule has 196 valence electrons. The number of rotatable bonds is 4. The Morgan fingerprint density at radius 1 is 1.25 bits per heavy atom. The highest BCUT2D eigenvalue weighted by atomic mass is 32.1. The Morgan fingerprint density at radius 2 is 2.12 bits per heavy atom. The fraction of sp³-hybridized carbons (Fsp3) is 0.161. The minimum absolute atomic E-state index is 0.00668. The number of benzene rings is 1. The molecule has 2 amide bonds. The zero-order chi connectivity index (χ0) is 27.2. The Hall–Kier alpha value is -4.76. The summed E-state index contributed by atoms with van der Waals surface area (Å²) in [5.41, 5.74) is 6.27. The van der Waals surface area contributed by atoms with Gasteiger partial charge in [-0.1, -0.05) is 18.2 Å². The number of nitrogens with one attached hydrogen (secondary N) is 3. The number of carbonyl (C=O) groups is 3. The van der Waals surface area contributed by atoms with Gasteiger partial charge in [0.05, 0.1) is 16.8 Å². The second-order valence-electron chi connectivity index (χ2n) is 10.8. The second kappa shape index (κ2) is 8.12. The maximum atomic E-state index is 13.4. The van der Waals surface area contributed by atoms with E-state index in [1.165, 1.54) is 11.3 Å². The number of ketones is 1. The van der Waals surface area contributed by atoms with E-state index in [4.69, 9.17) is 0 Å². The number of carbonyl (C=O) groups excluding carboxylic acids is 3. The van der Waals surface area contributed by atoms with Crippen LogP contribution in [-0.2, 0) is 10.2 Å². The van der Waals surface area contributed by atoms with Crippen LogP contribution < -0.4 is 5.32 Å². The van der Waals surface area contributed by atoms with Crippen molar-refractivity contribution >= 4 is 62.6 Å². The number of aromatic nitrogens is 3. The summed E-state index contributed by atoms with van der Waals surface area (Å²) in [6.45, 7) is 2.68. The maximum absolute atomic E-state index is 13.4. The van der Waals surface area contributed by atoms with Crippen molar-refractivity contribution in [1.82, 2.24) is 19.9 Å². The topological polar surface area (TPSA) is 111 Å². The maximum Gasteiger partial charge on any atom is 0.272 e. The van der Waals surface area contributed by atoms with E-state index in [2.05, 4.69) is 32.6 Å². The fourth-order valence-corrected chi connectivity index (χ4v) is 7.57. The number of hydrogen-bond acceptors (Lipinski definition) is 5. The zero-order valence-electron chi connectivity index (χ0n) is 21.4. The van der Waals surface area contributed by atoms with E-state index in [9.17, 15) is 14.4 Å². The predicted molar refractivity (Wildman–Crippen MR) is 154 cm³/mol. The normalized spacial score (nSPS) is 21.0. The molecule has 2 fully saturated rings. The molecule has 4 aromatic heterocycles. The number of likely N-dealkylation sites (tertiary alicyclic amines) is 1. The van der Waals surface area contributed by atoms with E-state index in [1.54, 1.807) is 35.5 Å². The van der Waals surface area contributed by atoms with Gasteiger partial charge in [-0.05, 0) is 60.0 Å². The van der Waals surface area contributed by atoms with Gasteiger partial charge in [-0.25, -0.2) is 4.98 Å². The third-order valence-corrected chi connectivity index (χ3v) is 9.55. The summed E-state index contributed by atoms with van der Waals surface area (Å²) in [6, 6.07) is 11.4. The van der Waals surface area contributed by atoms with Crippen molar-refractivity contribution < 1.29 is 14.4 Å². The lowest BCUT2D eigenvalue weighted by Gasteiger charge is -2.27. The molecule has 0 bridgehead atoms. The molecule has 3 aliphatic rings. The lowest BCUT2D eigenvalue weighted by atomic mass is 9.84. The number of fused-ring (bicyclic) bond motifs is 3. The molecule has 9 heteroatoms. The van der Waals surface area contributed by atoms with Gasteiger partial charge in [-0.15, -0.1) is 11.3 Å². The van der Waals surface area contributed by atoms with Gasteiger partial charge in [-0.2, -0.15) is 0 Å². The number of amides is 2. The third-order valence-electron chi connectivity index (χ3n) is 8.44. The van der Waals surface area contributed by atoms with Gasteiger partial charge in [-0.3, -0.25) is 14.4 Å². The minimum atomic E-state index is -0.263. The van der Waals surface area contributed by atoms with Crippen molar-refractivity contribution in [2.24, 2.45) is 5.92 Å². The quantitative estimate of drug-likeness (QED) is 0.257. The van der Waals surface area contributed by atoms with Crippen molar-refractivity contribution in [2.75, 3.05) is 11.9 Å². The van der Waals surface area contributed by atoms with Crippen LogP contribution in [0.5, 0.6) is 0 Å². The van der Waals surface area contributed by atoms with Crippen LogP contribution in [0.15, 0.2) is 72.0 Å². The van der Waals surface area contributed by atoms with E-state index in [-0.39, 0.29) is 23.0 Å². The van der Waals surface area contributed by atoms with Crippen molar-refractivity contribution in [2.45, 2.75) is 18.8 Å². The average Bonchev–Trinajstić information content (AvgIpc) is 3.39. The van der Waals surface area contributed by atoms with Crippen LogP contribution in [0, 0.1) is 12.8 Å². The number of thiophene rings is 1.